The van der Waals surface area contributed by atoms with Crippen LogP contribution in [0.15, 0.2) is 23.1 Å². The number of amides is 1. The zero-order chi connectivity index (χ0) is 23.3. The minimum atomic E-state index is -4.17. The summed E-state index contributed by atoms with van der Waals surface area (Å²) in [6, 6.07) is 3.64. The molecule has 33 heavy (non-hydrogen) atoms. The molecule has 0 spiro atoms. The van der Waals surface area contributed by atoms with Gasteiger partial charge < -0.3 is 9.88 Å². The Hall–Kier alpha value is -2.88. The highest BCUT2D eigenvalue weighted by Crippen LogP contribution is 2.33. The third-order valence-electron chi connectivity index (χ3n) is 6.68. The van der Waals surface area contributed by atoms with Crippen molar-refractivity contribution in [3.05, 3.63) is 39.8 Å². The maximum atomic E-state index is 13.3. The van der Waals surface area contributed by atoms with E-state index in [1.807, 2.05) is 23.7 Å². The van der Waals surface area contributed by atoms with Crippen LogP contribution in [0, 0.1) is 12.8 Å². The van der Waals surface area contributed by atoms with Crippen LogP contribution in [0.3, 0.4) is 0 Å². The molecule has 0 unspecified atom stereocenters. The average Bonchev–Trinajstić information content (AvgIpc) is 3.48. The first-order valence-electron chi connectivity index (χ1n) is 11.3. The van der Waals surface area contributed by atoms with E-state index in [1.165, 1.54) is 0 Å². The lowest BCUT2D eigenvalue weighted by Crippen LogP contribution is -2.49. The highest BCUT2D eigenvalue weighted by molar-refractivity contribution is 6.07. The second-order valence-electron chi connectivity index (χ2n) is 9.20. The largest absolute Gasteiger partial charge is 0.390 e. The Morgan fingerprint density at radius 2 is 1.88 bits per heavy atom. The van der Waals surface area contributed by atoms with Crippen molar-refractivity contribution in [3.8, 4) is 0 Å². The predicted molar refractivity (Wildman–Crippen MR) is 118 cm³/mol. The third kappa shape index (κ3) is 4.48. The molecule has 1 saturated carbocycles. The number of hydrogen-bond donors (Lipinski definition) is 1. The minimum Gasteiger partial charge on any atom is -0.336 e. The van der Waals surface area contributed by atoms with E-state index in [9.17, 15) is 22.8 Å². The van der Waals surface area contributed by atoms with Gasteiger partial charge in [0, 0.05) is 50.2 Å². The molecule has 1 aliphatic heterocycles. The van der Waals surface area contributed by atoms with Gasteiger partial charge in [-0.05, 0) is 43.4 Å². The second kappa shape index (κ2) is 8.16. The van der Waals surface area contributed by atoms with Gasteiger partial charge in [0.25, 0.3) is 11.5 Å². The van der Waals surface area contributed by atoms with Crippen molar-refractivity contribution in [2.24, 2.45) is 5.92 Å². The zero-order valence-electron chi connectivity index (χ0n) is 18.4. The summed E-state index contributed by atoms with van der Waals surface area (Å²) in [5.41, 5.74) is 2.49. The molecular weight excluding hydrogens is 435 g/mol. The maximum Gasteiger partial charge on any atom is 0.390 e. The van der Waals surface area contributed by atoms with Crippen molar-refractivity contribution >= 4 is 27.7 Å². The first-order valence-corrected chi connectivity index (χ1v) is 11.3. The number of nitrogens with one attached hydrogen (secondary N) is 1. The van der Waals surface area contributed by atoms with E-state index >= 15 is 0 Å². The fraction of sp³-hybridized carbons (Fsp3) is 0.522. The monoisotopic (exact) mass is 461 g/mol. The standard InChI is InChI=1S/C23H26F3N5O2/c1-14-10-19-17(20-18(21(32)28-19)12-27-31(20)13-15-2-3-15)11-16(14)22(33)30-8-6-29(7-9-30)5-4-23(24,25)26/h10-12,15H,2-9,13H2,1H3,(H,28,32). The number of rotatable bonds is 5. The molecule has 1 amide bonds. The molecule has 3 aromatic rings. The summed E-state index contributed by atoms with van der Waals surface area (Å²) in [6.07, 6.45) is -1.13. The maximum absolute atomic E-state index is 13.3. The molecule has 10 heteroatoms. The van der Waals surface area contributed by atoms with Gasteiger partial charge in [0.05, 0.1) is 29.0 Å². The average molecular weight is 461 g/mol. The van der Waals surface area contributed by atoms with Gasteiger partial charge >= 0.3 is 6.18 Å². The number of alkyl halides is 3. The number of piperazine rings is 1. The highest BCUT2D eigenvalue weighted by Gasteiger charge is 2.30. The summed E-state index contributed by atoms with van der Waals surface area (Å²) in [7, 11) is 0. The van der Waals surface area contributed by atoms with Crippen molar-refractivity contribution in [3.63, 3.8) is 0 Å². The van der Waals surface area contributed by atoms with Gasteiger partial charge in [0.1, 0.15) is 0 Å². The van der Waals surface area contributed by atoms with Crippen LogP contribution in [0.5, 0.6) is 0 Å². The fourth-order valence-electron chi connectivity index (χ4n) is 4.58. The number of carbonyl (C=O) groups excluding carboxylic acids is 1. The number of pyridine rings is 1. The summed E-state index contributed by atoms with van der Waals surface area (Å²) in [5.74, 6) is 0.431. The smallest absolute Gasteiger partial charge is 0.336 e. The van der Waals surface area contributed by atoms with Crippen LogP contribution in [0.4, 0.5) is 13.2 Å². The van der Waals surface area contributed by atoms with Crippen LogP contribution in [0.2, 0.25) is 0 Å². The van der Waals surface area contributed by atoms with Crippen LogP contribution in [0.1, 0.15) is 35.2 Å². The van der Waals surface area contributed by atoms with Gasteiger partial charge in [-0.3, -0.25) is 19.2 Å². The van der Waals surface area contributed by atoms with Crippen LogP contribution >= 0.6 is 0 Å². The predicted octanol–water partition coefficient (Wildman–Crippen LogP) is 3.31. The summed E-state index contributed by atoms with van der Waals surface area (Å²) in [5, 5.41) is 5.71. The quantitative estimate of drug-likeness (QED) is 0.633. The molecule has 0 atom stereocenters. The molecule has 1 saturated heterocycles. The van der Waals surface area contributed by atoms with Gasteiger partial charge in [-0.15, -0.1) is 0 Å². The van der Waals surface area contributed by atoms with Crippen molar-refractivity contribution < 1.29 is 18.0 Å². The first-order chi connectivity index (χ1) is 15.7. The highest BCUT2D eigenvalue weighted by atomic mass is 19.4. The van der Waals surface area contributed by atoms with Crippen LogP contribution in [0.25, 0.3) is 21.8 Å². The number of hydrogen-bond acceptors (Lipinski definition) is 4. The molecule has 1 N–H and O–H groups in total. The van der Waals surface area contributed by atoms with Crippen LogP contribution in [-0.2, 0) is 6.54 Å². The molecule has 1 aliphatic carbocycles. The van der Waals surface area contributed by atoms with Gasteiger partial charge in [-0.25, -0.2) is 0 Å². The molecular formula is C23H26F3N5O2. The molecule has 2 aliphatic rings. The molecule has 2 aromatic heterocycles. The van der Waals surface area contributed by atoms with E-state index < -0.39 is 12.6 Å². The number of benzene rings is 1. The second-order valence-corrected chi connectivity index (χ2v) is 9.20. The Labute approximate surface area is 188 Å². The molecule has 176 valence electrons. The topological polar surface area (TPSA) is 74.2 Å². The third-order valence-corrected chi connectivity index (χ3v) is 6.68. The summed E-state index contributed by atoms with van der Waals surface area (Å²) in [6.45, 7) is 4.14. The first kappa shape index (κ1) is 21.9. The van der Waals surface area contributed by atoms with E-state index in [2.05, 4.69) is 10.1 Å². The number of aryl methyl sites for hydroxylation is 1. The normalized spacial score (nSPS) is 17.9. The van der Waals surface area contributed by atoms with Gasteiger partial charge in [0.2, 0.25) is 0 Å². The summed E-state index contributed by atoms with van der Waals surface area (Å²) < 4.78 is 39.4. The van der Waals surface area contributed by atoms with Crippen LogP contribution < -0.4 is 5.56 Å². The summed E-state index contributed by atoms with van der Waals surface area (Å²) >= 11 is 0. The van der Waals surface area contributed by atoms with Gasteiger partial charge in [0.15, 0.2) is 0 Å². The van der Waals surface area contributed by atoms with Crippen LogP contribution in [-0.4, -0.2) is 69.4 Å². The lowest BCUT2D eigenvalue weighted by Gasteiger charge is -2.35. The van der Waals surface area contributed by atoms with E-state index in [4.69, 9.17) is 0 Å². The zero-order valence-corrected chi connectivity index (χ0v) is 18.4. The molecule has 7 nitrogen and oxygen atoms in total. The lowest BCUT2D eigenvalue weighted by atomic mass is 10.0. The Bertz CT molecular complexity index is 1270. The van der Waals surface area contributed by atoms with E-state index in [0.717, 1.165) is 35.9 Å². The molecule has 0 bridgehead atoms. The van der Waals surface area contributed by atoms with Crippen molar-refractivity contribution in [2.45, 2.75) is 38.9 Å². The number of halogens is 3. The molecule has 0 radical (unpaired) electrons. The molecule has 1 aromatic carbocycles. The molecule has 5 rings (SSSR count). The molecule has 2 fully saturated rings. The lowest BCUT2D eigenvalue weighted by molar-refractivity contribution is -0.138. The Morgan fingerprint density at radius 1 is 1.15 bits per heavy atom. The Kier molecular flexibility index (Phi) is 5.43. The summed E-state index contributed by atoms with van der Waals surface area (Å²) in [4.78, 5) is 32.3. The van der Waals surface area contributed by atoms with Gasteiger partial charge in [-0.1, -0.05) is 0 Å². The van der Waals surface area contributed by atoms with E-state index in [1.54, 1.807) is 16.0 Å². The number of nitrogens with zero attached hydrogens (tertiary/aromatic N) is 4. The SMILES string of the molecule is Cc1cc2[nH]c(=O)c3cnn(CC4CC4)c3c2cc1C(=O)N1CCN(CCC(F)(F)F)CC1. The fourth-order valence-corrected chi connectivity index (χ4v) is 4.58. The number of aromatic nitrogens is 3. The van der Waals surface area contributed by atoms with Crippen molar-refractivity contribution in [1.82, 2.24) is 24.6 Å². The van der Waals surface area contributed by atoms with E-state index in [-0.39, 0.29) is 18.0 Å². The van der Waals surface area contributed by atoms with Gasteiger partial charge in [-0.2, -0.15) is 18.3 Å². The minimum absolute atomic E-state index is 0.0448. The number of aromatic amines is 1. The number of fused-ring (bicyclic) bond motifs is 3. The Balaban J connectivity index is 1.42. The Morgan fingerprint density at radius 3 is 2.55 bits per heavy atom. The van der Waals surface area contributed by atoms with Crippen molar-refractivity contribution in [1.29, 1.82) is 0 Å². The molecule has 3 heterocycles. The number of carbonyl (C=O) groups is 1. The van der Waals surface area contributed by atoms with E-state index in [0.29, 0.717) is 48.6 Å². The van der Waals surface area contributed by atoms with Crippen molar-refractivity contribution in [2.75, 3.05) is 32.7 Å². The number of H-pyrrole nitrogens is 1.